The van der Waals surface area contributed by atoms with Gasteiger partial charge in [0.25, 0.3) is 10.1 Å². The van der Waals surface area contributed by atoms with E-state index in [0.29, 0.717) is 88.9 Å². The Labute approximate surface area is 399 Å². The average molecular weight is 966 g/mol. The molecule has 0 spiro atoms. The minimum Gasteiger partial charge on any atom is -0.691 e. The van der Waals surface area contributed by atoms with Crippen LogP contribution >= 0.6 is 12.0 Å². The van der Waals surface area contributed by atoms with Crippen molar-refractivity contribution in [1.29, 1.82) is 0 Å². The third-order valence-electron chi connectivity index (χ3n) is 12.7. The predicted molar refractivity (Wildman–Crippen MR) is 255 cm³/mol. The molecule has 3 heterocycles. The molecule has 1 unspecified atom stereocenters. The Bertz CT molecular complexity index is 2320. The molecule has 16 nitrogen and oxygen atoms in total. The first-order chi connectivity index (χ1) is 31.9. The van der Waals surface area contributed by atoms with Gasteiger partial charge in [-0.2, -0.15) is 17.3 Å². The molecule has 0 aliphatic carbocycles. The van der Waals surface area contributed by atoms with E-state index in [-0.39, 0.29) is 35.5 Å². The molecule has 366 valence electrons. The first-order valence-corrected chi connectivity index (χ1v) is 25.6. The molecule has 67 heavy (non-hydrogen) atoms. The topological polar surface area (TPSA) is 227 Å². The summed E-state index contributed by atoms with van der Waals surface area (Å²) in [6.45, 7) is 10.5. The van der Waals surface area contributed by atoms with Crippen LogP contribution in [0.2, 0.25) is 0 Å². The van der Waals surface area contributed by atoms with E-state index in [2.05, 4.69) is 54.7 Å². The molecule has 0 saturated heterocycles. The number of hydrogen-bond donors (Lipinski definition) is 5. The van der Waals surface area contributed by atoms with Crippen molar-refractivity contribution in [3.05, 3.63) is 83.6 Å². The van der Waals surface area contributed by atoms with E-state index in [4.69, 9.17) is 5.11 Å². The highest BCUT2D eigenvalue weighted by Crippen LogP contribution is 2.49. The van der Waals surface area contributed by atoms with E-state index in [1.54, 1.807) is 12.1 Å². The molecule has 3 aliphatic rings. The van der Waals surface area contributed by atoms with E-state index >= 15 is 0 Å². The highest BCUT2D eigenvalue weighted by atomic mass is 32.2. The minimum atomic E-state index is -4.43. The summed E-state index contributed by atoms with van der Waals surface area (Å²) >= 11 is 0.837. The van der Waals surface area contributed by atoms with Crippen LogP contribution in [-0.4, -0.2) is 84.3 Å². The maximum Gasteiger partial charge on any atom is 0.303 e. The van der Waals surface area contributed by atoms with E-state index < -0.39 is 33.0 Å². The van der Waals surface area contributed by atoms with Crippen molar-refractivity contribution in [3.8, 4) is 0 Å². The van der Waals surface area contributed by atoms with Gasteiger partial charge < -0.3 is 31.2 Å². The molecule has 0 fully saturated rings. The second-order valence-corrected chi connectivity index (χ2v) is 20.6. The van der Waals surface area contributed by atoms with Gasteiger partial charge in [0.1, 0.15) is 12.6 Å². The van der Waals surface area contributed by atoms with Gasteiger partial charge in [0.2, 0.25) is 23.4 Å². The number of nitrogens with one attached hydrogen (secondary N) is 3. The van der Waals surface area contributed by atoms with Crippen LogP contribution in [0.25, 0.3) is 0 Å². The van der Waals surface area contributed by atoms with Crippen LogP contribution in [0.15, 0.2) is 82.3 Å². The molecule has 2 aromatic carbocycles. The van der Waals surface area contributed by atoms with E-state index in [1.807, 2.05) is 56.4 Å². The lowest BCUT2D eigenvalue weighted by Gasteiger charge is -2.27. The summed E-state index contributed by atoms with van der Waals surface area (Å²) in [5.74, 6) is -1.40. The van der Waals surface area contributed by atoms with Crippen molar-refractivity contribution >= 4 is 62.9 Å². The molecular formula is C49H67N5O11S2. The molecule has 0 radical (unpaired) electrons. The monoisotopic (exact) mass is 965 g/mol. The maximum absolute atomic E-state index is 13.3. The molecule has 0 bridgehead atoms. The number of fused-ring (bicyclic) bond motifs is 5. The lowest BCUT2D eigenvalue weighted by molar-refractivity contribution is -0.777. The first-order valence-electron chi connectivity index (χ1n) is 23.4. The van der Waals surface area contributed by atoms with Gasteiger partial charge in [-0.3, -0.25) is 28.8 Å². The maximum atomic E-state index is 13.3. The van der Waals surface area contributed by atoms with Gasteiger partial charge in [0, 0.05) is 84.7 Å². The fourth-order valence-corrected chi connectivity index (χ4v) is 10.0. The van der Waals surface area contributed by atoms with Crippen molar-refractivity contribution in [2.75, 3.05) is 31.1 Å². The summed E-state index contributed by atoms with van der Waals surface area (Å²) in [4.78, 5) is 52.9. The second kappa shape index (κ2) is 25.0. The SMILES string of the molecule is CC1(C)C2=[N+](CCCCCC(=O)NC(C(=O)NCCCCCC(=O)O)CCCCNC(=O)CCCCCN3/C(=C/C=C/C=C/2)C(C)(C)c2cc(S(=O)(=O)O)ccc23)c2ccc(SOO[O-])cc21. The van der Waals surface area contributed by atoms with Crippen LogP contribution in [0.5, 0.6) is 0 Å². The third kappa shape index (κ3) is 14.8. The summed E-state index contributed by atoms with van der Waals surface area (Å²) in [6, 6.07) is 9.83. The number of carboxylic acid groups (broad SMARTS) is 1. The highest BCUT2D eigenvalue weighted by Gasteiger charge is 2.44. The summed E-state index contributed by atoms with van der Waals surface area (Å²) in [5.41, 5.74) is 4.67. The number of amides is 3. The Morgan fingerprint density at radius 1 is 0.896 bits per heavy atom. The standard InChI is InChI=1S/C49H67N5O11S2/c1-48(2)37-33-35(66-65-64-60)25-27-40(37)53-31-18-8-12-23-45(56)52-39(47(59)51-30-15-6-13-24-46(57)58)19-14-16-29-50-44(55)22-11-7-17-32-54-41-28-26-36(67(61,62)63)34-38(41)49(3,4)43(54)21-10-5-9-20-42(48)53/h5,9-10,20-21,25-28,33-34,39H,6-8,11-19,22-24,29-32H2,1-4H3,(H5-,50,51,52,55,56,57,58,59,60,61,62,63). The van der Waals surface area contributed by atoms with Crippen molar-refractivity contribution < 1.29 is 56.5 Å². The van der Waals surface area contributed by atoms with Crippen LogP contribution < -0.4 is 26.1 Å². The third-order valence-corrected chi connectivity index (χ3v) is 14.2. The molecule has 1 atom stereocenters. The van der Waals surface area contributed by atoms with Crippen molar-refractivity contribution in [2.45, 2.75) is 151 Å². The van der Waals surface area contributed by atoms with Gasteiger partial charge >= 0.3 is 5.97 Å². The van der Waals surface area contributed by atoms with Gasteiger partial charge in [-0.25, -0.2) is 0 Å². The number of unbranched alkanes of at least 4 members (excludes halogenated alkanes) is 2. The van der Waals surface area contributed by atoms with Gasteiger partial charge in [-0.05, 0) is 114 Å². The number of carbonyl (C=O) groups excluding carboxylic acids is 3. The lowest BCUT2D eigenvalue weighted by Crippen LogP contribution is -2.47. The second-order valence-electron chi connectivity index (χ2n) is 18.4. The number of carbonyl (C=O) groups is 4. The molecule has 3 amide bonds. The lowest BCUT2D eigenvalue weighted by atomic mass is 9.81. The molecule has 2 aromatic rings. The number of rotatable bonds is 11. The highest BCUT2D eigenvalue weighted by molar-refractivity contribution is 7.94. The molecule has 3 aliphatic heterocycles. The van der Waals surface area contributed by atoms with Crippen LogP contribution in [0.1, 0.15) is 135 Å². The minimum absolute atomic E-state index is 0.0572. The Balaban J connectivity index is 1.38. The van der Waals surface area contributed by atoms with E-state index in [9.17, 15) is 37.4 Å². The van der Waals surface area contributed by atoms with Gasteiger partial charge in [0.05, 0.1) is 22.4 Å². The molecule has 5 N–H and O–H groups in total. The molecule has 18 heteroatoms. The fraction of sp³-hybridized carbons (Fsp3) is 0.531. The average Bonchev–Trinajstić information content (AvgIpc) is 3.62. The zero-order valence-electron chi connectivity index (χ0n) is 39.1. The number of aliphatic carboxylic acids is 1. The molecule has 0 aromatic heterocycles. The summed E-state index contributed by atoms with van der Waals surface area (Å²) < 4.78 is 41.2. The molecule has 0 saturated carbocycles. The van der Waals surface area contributed by atoms with Gasteiger partial charge in [-0.15, -0.1) is 0 Å². The summed E-state index contributed by atoms with van der Waals surface area (Å²) in [6.07, 6.45) is 18.5. The van der Waals surface area contributed by atoms with E-state index in [0.717, 1.165) is 71.6 Å². The summed E-state index contributed by atoms with van der Waals surface area (Å²) in [7, 11) is -4.43. The fourth-order valence-electron chi connectivity index (χ4n) is 9.12. The Morgan fingerprint density at radius 3 is 2.40 bits per heavy atom. The van der Waals surface area contributed by atoms with Gasteiger partial charge in [-0.1, -0.05) is 44.9 Å². The Hall–Kier alpha value is -4.85. The van der Waals surface area contributed by atoms with Crippen LogP contribution in [-0.2, 0) is 49.5 Å². The van der Waals surface area contributed by atoms with E-state index in [1.165, 1.54) is 6.07 Å². The van der Waals surface area contributed by atoms with Crippen LogP contribution in [0.4, 0.5) is 11.4 Å². The van der Waals surface area contributed by atoms with Crippen LogP contribution in [0.3, 0.4) is 0 Å². The van der Waals surface area contributed by atoms with Crippen LogP contribution in [0, 0.1) is 0 Å². The van der Waals surface area contributed by atoms with Crippen molar-refractivity contribution in [2.24, 2.45) is 0 Å². The Morgan fingerprint density at radius 2 is 1.66 bits per heavy atom. The smallest absolute Gasteiger partial charge is 0.303 e. The normalized spacial score (nSPS) is 21.7. The summed E-state index contributed by atoms with van der Waals surface area (Å²) in [5, 5.41) is 32.0. The number of nitrogens with zero attached hydrogens (tertiary/aromatic N) is 2. The number of allylic oxidation sites excluding steroid dienone is 6. The van der Waals surface area contributed by atoms with Gasteiger partial charge in [0.15, 0.2) is 5.71 Å². The predicted octanol–water partition coefficient (Wildman–Crippen LogP) is 7.00. The zero-order chi connectivity index (χ0) is 48.6. The van der Waals surface area contributed by atoms with Crippen molar-refractivity contribution in [1.82, 2.24) is 16.0 Å². The zero-order valence-corrected chi connectivity index (χ0v) is 40.8. The molecular weight excluding hydrogens is 899 g/mol. The number of carboxylic acids is 1. The quantitative estimate of drug-likeness (QED) is 0.0382. The largest absolute Gasteiger partial charge is 0.691 e. The number of hydrogen-bond acceptors (Lipinski definition) is 11. The number of anilines is 1. The van der Waals surface area contributed by atoms with Crippen molar-refractivity contribution in [3.63, 3.8) is 0 Å². The Kier molecular flexibility index (Phi) is 19.8. The number of benzene rings is 2. The first kappa shape index (κ1) is 53.1. The molecule has 5 rings (SSSR count).